The van der Waals surface area contributed by atoms with Crippen LogP contribution >= 0.6 is 0 Å². The van der Waals surface area contributed by atoms with Crippen molar-refractivity contribution < 1.29 is 0 Å². The lowest BCUT2D eigenvalue weighted by Crippen LogP contribution is -2.12. The fourth-order valence-electron chi connectivity index (χ4n) is 3.17. The van der Waals surface area contributed by atoms with Gasteiger partial charge in [0.15, 0.2) is 0 Å². The molecule has 3 aromatic carbocycles. The molecule has 0 heterocycles. The van der Waals surface area contributed by atoms with Gasteiger partial charge >= 0.3 is 0 Å². The van der Waals surface area contributed by atoms with Gasteiger partial charge in [-0.05, 0) is 42.4 Å². The first-order valence-electron chi connectivity index (χ1n) is 10.1. The molecule has 0 radical (unpaired) electrons. The molecule has 0 aliphatic rings. The summed E-state index contributed by atoms with van der Waals surface area (Å²) in [4.78, 5) is 5.20. The van der Waals surface area contributed by atoms with E-state index >= 15 is 0 Å². The zero-order chi connectivity index (χ0) is 19.8. The first-order chi connectivity index (χ1) is 13.7. The van der Waals surface area contributed by atoms with Crippen LogP contribution in [0.1, 0.15) is 42.5 Å². The standard InChI is InChI=1S/C27H29N/c1-4-22(3)27(25-13-9-6-10-14-25)28-26(24-11-7-5-8-12-24)20-19-23-17-15-21(2)16-18-23/h5-18,20,22H,4,19H2,1-3H3/b26-20-,28-27+/t22-/m1/s1. The fourth-order valence-corrected chi connectivity index (χ4v) is 3.17. The van der Waals surface area contributed by atoms with Gasteiger partial charge in [0.05, 0.1) is 11.4 Å². The molecule has 0 amide bonds. The molecule has 28 heavy (non-hydrogen) atoms. The molecular weight excluding hydrogens is 338 g/mol. The Bertz CT molecular complexity index is 919. The lowest BCUT2D eigenvalue weighted by molar-refractivity contribution is 0.740. The summed E-state index contributed by atoms with van der Waals surface area (Å²) in [5, 5.41) is 0. The minimum Gasteiger partial charge on any atom is -0.252 e. The van der Waals surface area contributed by atoms with Crippen molar-refractivity contribution in [2.24, 2.45) is 10.9 Å². The van der Waals surface area contributed by atoms with E-state index in [1.807, 2.05) is 0 Å². The van der Waals surface area contributed by atoms with Crippen molar-refractivity contribution in [1.29, 1.82) is 0 Å². The molecule has 1 atom stereocenters. The van der Waals surface area contributed by atoms with E-state index in [2.05, 4.69) is 112 Å². The molecule has 0 N–H and O–H groups in total. The highest BCUT2D eigenvalue weighted by atomic mass is 14.8. The molecule has 0 aromatic heterocycles. The molecule has 3 aromatic rings. The predicted octanol–water partition coefficient (Wildman–Crippen LogP) is 7.11. The van der Waals surface area contributed by atoms with Crippen molar-refractivity contribution in [1.82, 2.24) is 0 Å². The maximum atomic E-state index is 5.20. The third kappa shape index (κ3) is 5.29. The van der Waals surface area contributed by atoms with Gasteiger partial charge in [0, 0.05) is 0 Å². The largest absolute Gasteiger partial charge is 0.252 e. The number of aliphatic imine (C=N–C) groups is 1. The minimum atomic E-state index is 0.397. The Balaban J connectivity index is 2.03. The summed E-state index contributed by atoms with van der Waals surface area (Å²) < 4.78 is 0. The van der Waals surface area contributed by atoms with Crippen LogP contribution in [0.3, 0.4) is 0 Å². The van der Waals surface area contributed by atoms with E-state index in [0.717, 1.165) is 29.8 Å². The third-order valence-corrected chi connectivity index (χ3v) is 5.11. The average molecular weight is 368 g/mol. The fraction of sp³-hybridized carbons (Fsp3) is 0.222. The lowest BCUT2D eigenvalue weighted by atomic mass is 9.95. The Kier molecular flexibility index (Phi) is 6.97. The molecule has 0 saturated heterocycles. The van der Waals surface area contributed by atoms with Crippen LogP contribution in [0.4, 0.5) is 0 Å². The smallest absolute Gasteiger partial charge is 0.0669 e. The van der Waals surface area contributed by atoms with E-state index in [9.17, 15) is 0 Å². The molecule has 0 fully saturated rings. The van der Waals surface area contributed by atoms with E-state index in [1.165, 1.54) is 16.7 Å². The van der Waals surface area contributed by atoms with Crippen LogP contribution in [0.2, 0.25) is 0 Å². The summed E-state index contributed by atoms with van der Waals surface area (Å²) in [7, 11) is 0. The van der Waals surface area contributed by atoms with Gasteiger partial charge in [-0.3, -0.25) is 4.99 Å². The van der Waals surface area contributed by atoms with E-state index < -0.39 is 0 Å². The molecule has 0 bridgehead atoms. The zero-order valence-corrected chi connectivity index (χ0v) is 17.1. The van der Waals surface area contributed by atoms with Gasteiger partial charge in [-0.25, -0.2) is 0 Å². The first kappa shape index (κ1) is 19.8. The number of aryl methyl sites for hydroxylation is 1. The average Bonchev–Trinajstić information content (AvgIpc) is 2.76. The lowest BCUT2D eigenvalue weighted by Gasteiger charge is -2.15. The minimum absolute atomic E-state index is 0.397. The molecule has 0 saturated carbocycles. The summed E-state index contributed by atoms with van der Waals surface area (Å²) in [6.07, 6.45) is 4.19. The Morgan fingerprint density at radius 2 is 1.39 bits per heavy atom. The van der Waals surface area contributed by atoms with E-state index in [-0.39, 0.29) is 0 Å². The van der Waals surface area contributed by atoms with Gasteiger partial charge < -0.3 is 0 Å². The van der Waals surface area contributed by atoms with Crippen molar-refractivity contribution in [3.63, 3.8) is 0 Å². The van der Waals surface area contributed by atoms with E-state index in [0.29, 0.717) is 5.92 Å². The van der Waals surface area contributed by atoms with Crippen LogP contribution in [0, 0.1) is 12.8 Å². The molecule has 0 aliphatic carbocycles. The van der Waals surface area contributed by atoms with Gasteiger partial charge in [-0.2, -0.15) is 0 Å². The molecule has 142 valence electrons. The maximum absolute atomic E-state index is 5.20. The van der Waals surface area contributed by atoms with Crippen LogP contribution in [0.25, 0.3) is 5.70 Å². The summed E-state index contributed by atoms with van der Waals surface area (Å²) in [5.41, 5.74) is 7.15. The van der Waals surface area contributed by atoms with Crippen molar-refractivity contribution in [3.8, 4) is 0 Å². The summed E-state index contributed by atoms with van der Waals surface area (Å²) in [6, 6.07) is 29.8. The molecular formula is C27H29N. The number of allylic oxidation sites excluding steroid dienone is 1. The number of benzene rings is 3. The van der Waals surface area contributed by atoms with Crippen molar-refractivity contribution in [2.75, 3.05) is 0 Å². The summed E-state index contributed by atoms with van der Waals surface area (Å²) in [6.45, 7) is 6.60. The van der Waals surface area contributed by atoms with Crippen LogP contribution < -0.4 is 0 Å². The van der Waals surface area contributed by atoms with Crippen LogP contribution in [-0.2, 0) is 6.42 Å². The van der Waals surface area contributed by atoms with Gasteiger partial charge in [0.2, 0.25) is 0 Å². The zero-order valence-electron chi connectivity index (χ0n) is 17.1. The van der Waals surface area contributed by atoms with Crippen molar-refractivity contribution in [3.05, 3.63) is 113 Å². The van der Waals surface area contributed by atoms with Crippen molar-refractivity contribution in [2.45, 2.75) is 33.6 Å². The Morgan fingerprint density at radius 1 is 0.821 bits per heavy atom. The maximum Gasteiger partial charge on any atom is 0.0669 e. The first-order valence-corrected chi connectivity index (χ1v) is 10.1. The van der Waals surface area contributed by atoms with Gasteiger partial charge in [0.25, 0.3) is 0 Å². The quantitative estimate of drug-likeness (QED) is 0.394. The van der Waals surface area contributed by atoms with E-state index in [1.54, 1.807) is 0 Å². The number of rotatable bonds is 7. The summed E-state index contributed by atoms with van der Waals surface area (Å²) in [5.74, 6) is 0.397. The second-order valence-electron chi connectivity index (χ2n) is 7.32. The van der Waals surface area contributed by atoms with Crippen LogP contribution in [-0.4, -0.2) is 5.71 Å². The molecule has 0 spiro atoms. The molecule has 0 aliphatic heterocycles. The number of hydrogen-bond donors (Lipinski definition) is 0. The SMILES string of the molecule is CC[C@@H](C)/C(=N\C(=C/Cc1ccc(C)cc1)c1ccccc1)c1ccccc1. The number of nitrogens with zero attached hydrogens (tertiary/aromatic N) is 1. The molecule has 1 heteroatoms. The van der Waals surface area contributed by atoms with Crippen LogP contribution in [0.5, 0.6) is 0 Å². The number of hydrogen-bond acceptors (Lipinski definition) is 1. The predicted molar refractivity (Wildman–Crippen MR) is 122 cm³/mol. The Hall–Kier alpha value is -2.93. The molecule has 1 nitrogen and oxygen atoms in total. The third-order valence-electron chi connectivity index (χ3n) is 5.11. The topological polar surface area (TPSA) is 12.4 Å². The van der Waals surface area contributed by atoms with Gasteiger partial charge in [-0.1, -0.05) is 110 Å². The summed E-state index contributed by atoms with van der Waals surface area (Å²) >= 11 is 0. The van der Waals surface area contributed by atoms with Gasteiger partial charge in [-0.15, -0.1) is 0 Å². The Labute approximate surface area is 169 Å². The second kappa shape index (κ2) is 9.85. The molecule has 0 unspecified atom stereocenters. The second-order valence-corrected chi connectivity index (χ2v) is 7.32. The monoisotopic (exact) mass is 367 g/mol. The van der Waals surface area contributed by atoms with E-state index in [4.69, 9.17) is 4.99 Å². The highest BCUT2D eigenvalue weighted by molar-refractivity contribution is 6.04. The van der Waals surface area contributed by atoms with Crippen molar-refractivity contribution >= 4 is 11.4 Å². The normalized spacial score (nSPS) is 13.4. The highest BCUT2D eigenvalue weighted by Crippen LogP contribution is 2.22. The molecule has 3 rings (SSSR count). The highest BCUT2D eigenvalue weighted by Gasteiger charge is 2.12. The van der Waals surface area contributed by atoms with Crippen LogP contribution in [0.15, 0.2) is 96.0 Å². The Morgan fingerprint density at radius 3 is 1.96 bits per heavy atom. The van der Waals surface area contributed by atoms with Gasteiger partial charge in [0.1, 0.15) is 0 Å².